The maximum atomic E-state index is 12.5. The smallest absolute Gasteiger partial charge is 0.341 e. The van der Waals surface area contributed by atoms with Crippen molar-refractivity contribution in [3.8, 4) is 22.6 Å². The highest BCUT2D eigenvalue weighted by Crippen LogP contribution is 2.36. The second-order valence-corrected chi connectivity index (χ2v) is 7.79. The summed E-state index contributed by atoms with van der Waals surface area (Å²) in [6, 6.07) is 13.2. The zero-order valence-corrected chi connectivity index (χ0v) is 18.8. The number of ether oxygens (including phenoxy) is 3. The molecule has 0 aliphatic carbocycles. The second kappa shape index (κ2) is 10.1. The second-order valence-electron chi connectivity index (χ2n) is 6.91. The van der Waals surface area contributed by atoms with Crippen molar-refractivity contribution < 1.29 is 23.8 Å². The highest BCUT2D eigenvalue weighted by Gasteiger charge is 2.22. The molecule has 7 heteroatoms. The summed E-state index contributed by atoms with van der Waals surface area (Å²) in [6.45, 7) is 6.25. The largest absolute Gasteiger partial charge is 0.494 e. The third-order valence-electron chi connectivity index (χ3n) is 4.60. The van der Waals surface area contributed by atoms with Crippen molar-refractivity contribution in [2.75, 3.05) is 25.6 Å². The van der Waals surface area contributed by atoms with Crippen molar-refractivity contribution in [1.29, 1.82) is 0 Å². The van der Waals surface area contributed by atoms with E-state index in [1.807, 2.05) is 68.6 Å². The third-order valence-corrected chi connectivity index (χ3v) is 5.49. The summed E-state index contributed by atoms with van der Waals surface area (Å²) in [7, 11) is 1.32. The van der Waals surface area contributed by atoms with Crippen molar-refractivity contribution >= 4 is 28.2 Å². The van der Waals surface area contributed by atoms with Gasteiger partial charge in [0.1, 0.15) is 22.1 Å². The number of benzene rings is 2. The van der Waals surface area contributed by atoms with Crippen LogP contribution in [0, 0.1) is 13.8 Å². The van der Waals surface area contributed by atoms with Crippen LogP contribution in [0.25, 0.3) is 11.1 Å². The number of carbonyl (C=O) groups is 2. The summed E-state index contributed by atoms with van der Waals surface area (Å²) in [5.74, 6) is 0.523. The Kier molecular flexibility index (Phi) is 7.31. The van der Waals surface area contributed by atoms with Crippen LogP contribution in [0.5, 0.6) is 11.5 Å². The molecule has 0 saturated carbocycles. The number of hydrogen-bond acceptors (Lipinski definition) is 6. The summed E-state index contributed by atoms with van der Waals surface area (Å²) >= 11 is 1.26. The standard InChI is InChI=1S/C24H25NO5S/c1-5-29-18-9-7-17(8-10-18)19-14-31-23(22(19)24(27)28-4)25-21(26)13-30-20-11-6-15(2)12-16(20)3/h6-12,14H,5,13H2,1-4H3,(H,25,26). The van der Waals surface area contributed by atoms with Crippen LogP contribution >= 0.6 is 11.3 Å². The minimum absolute atomic E-state index is 0.166. The highest BCUT2D eigenvalue weighted by molar-refractivity contribution is 7.15. The van der Waals surface area contributed by atoms with Crippen LogP contribution in [-0.2, 0) is 9.53 Å². The molecular formula is C24H25NO5S. The normalized spacial score (nSPS) is 10.5. The van der Waals surface area contributed by atoms with Gasteiger partial charge in [-0.15, -0.1) is 11.3 Å². The minimum Gasteiger partial charge on any atom is -0.494 e. The van der Waals surface area contributed by atoms with Gasteiger partial charge in [0.2, 0.25) is 0 Å². The first-order valence-corrected chi connectivity index (χ1v) is 10.7. The molecule has 1 N–H and O–H groups in total. The first-order chi connectivity index (χ1) is 14.9. The molecule has 0 fully saturated rings. The molecule has 2 aromatic carbocycles. The maximum Gasteiger partial charge on any atom is 0.341 e. The van der Waals surface area contributed by atoms with Crippen molar-refractivity contribution in [2.24, 2.45) is 0 Å². The Bertz CT molecular complexity index is 1070. The molecule has 0 radical (unpaired) electrons. The van der Waals surface area contributed by atoms with Gasteiger partial charge in [0.25, 0.3) is 5.91 Å². The summed E-state index contributed by atoms with van der Waals surface area (Å²) in [4.78, 5) is 25.0. The van der Waals surface area contributed by atoms with E-state index in [0.29, 0.717) is 28.5 Å². The predicted octanol–water partition coefficient (Wildman–Crippen LogP) is 5.23. The summed E-state index contributed by atoms with van der Waals surface area (Å²) in [5.41, 5.74) is 3.91. The number of amides is 1. The SMILES string of the molecule is CCOc1ccc(-c2csc(NC(=O)COc3ccc(C)cc3C)c2C(=O)OC)cc1. The van der Waals surface area contributed by atoms with Crippen LogP contribution in [0.2, 0.25) is 0 Å². The first-order valence-electron chi connectivity index (χ1n) is 9.85. The molecule has 3 rings (SSSR count). The summed E-state index contributed by atoms with van der Waals surface area (Å²) < 4.78 is 16.1. The van der Waals surface area contributed by atoms with E-state index >= 15 is 0 Å². The van der Waals surface area contributed by atoms with Crippen LogP contribution in [0.4, 0.5) is 5.00 Å². The van der Waals surface area contributed by atoms with E-state index in [0.717, 1.165) is 22.4 Å². The van der Waals surface area contributed by atoms with Gasteiger partial charge in [-0.3, -0.25) is 4.79 Å². The lowest BCUT2D eigenvalue weighted by Gasteiger charge is -2.11. The Hall–Kier alpha value is -3.32. The Morgan fingerprint density at radius 3 is 2.42 bits per heavy atom. The molecule has 3 aromatic rings. The van der Waals surface area contributed by atoms with E-state index in [1.54, 1.807) is 0 Å². The lowest BCUT2D eigenvalue weighted by Crippen LogP contribution is -2.21. The van der Waals surface area contributed by atoms with Gasteiger partial charge >= 0.3 is 5.97 Å². The maximum absolute atomic E-state index is 12.5. The van der Waals surface area contributed by atoms with Gasteiger partial charge in [-0.05, 0) is 50.1 Å². The van der Waals surface area contributed by atoms with Crippen molar-refractivity contribution in [2.45, 2.75) is 20.8 Å². The molecule has 0 spiro atoms. The van der Waals surface area contributed by atoms with Crippen molar-refractivity contribution in [3.63, 3.8) is 0 Å². The van der Waals surface area contributed by atoms with Gasteiger partial charge < -0.3 is 19.5 Å². The fourth-order valence-electron chi connectivity index (χ4n) is 3.13. The molecular weight excluding hydrogens is 414 g/mol. The molecule has 0 aliphatic heterocycles. The Labute approximate surface area is 185 Å². The Balaban J connectivity index is 1.77. The average molecular weight is 440 g/mol. The van der Waals surface area contributed by atoms with E-state index in [9.17, 15) is 9.59 Å². The van der Waals surface area contributed by atoms with Crippen LogP contribution in [0.15, 0.2) is 47.8 Å². The molecule has 0 atom stereocenters. The fraction of sp³-hybridized carbons (Fsp3) is 0.250. The van der Waals surface area contributed by atoms with Gasteiger partial charge in [0.05, 0.1) is 13.7 Å². The number of hydrogen-bond donors (Lipinski definition) is 1. The van der Waals surface area contributed by atoms with Crippen LogP contribution in [0.3, 0.4) is 0 Å². The van der Waals surface area contributed by atoms with E-state index in [-0.39, 0.29) is 12.5 Å². The number of thiophene rings is 1. The van der Waals surface area contributed by atoms with Gasteiger partial charge in [-0.25, -0.2) is 4.79 Å². The number of esters is 1. The van der Waals surface area contributed by atoms with Gasteiger partial charge in [-0.2, -0.15) is 0 Å². The van der Waals surface area contributed by atoms with Crippen LogP contribution < -0.4 is 14.8 Å². The van der Waals surface area contributed by atoms with Gasteiger partial charge in [0.15, 0.2) is 6.61 Å². The van der Waals surface area contributed by atoms with E-state index in [1.165, 1.54) is 18.4 Å². The molecule has 0 unspecified atom stereocenters. The quantitative estimate of drug-likeness (QED) is 0.486. The van der Waals surface area contributed by atoms with Crippen molar-refractivity contribution in [3.05, 3.63) is 64.5 Å². The Morgan fingerprint density at radius 2 is 1.77 bits per heavy atom. The number of methoxy groups -OCH3 is 1. The monoisotopic (exact) mass is 439 g/mol. The lowest BCUT2D eigenvalue weighted by molar-refractivity contribution is -0.118. The molecule has 6 nitrogen and oxygen atoms in total. The number of anilines is 1. The molecule has 0 bridgehead atoms. The Morgan fingerprint density at radius 1 is 1.03 bits per heavy atom. The molecule has 1 amide bonds. The summed E-state index contributed by atoms with van der Waals surface area (Å²) in [5, 5.41) is 5.02. The number of carbonyl (C=O) groups excluding carboxylic acids is 2. The zero-order chi connectivity index (χ0) is 22.4. The van der Waals surface area contributed by atoms with E-state index in [4.69, 9.17) is 14.2 Å². The third kappa shape index (κ3) is 5.44. The fourth-order valence-corrected chi connectivity index (χ4v) is 4.11. The number of rotatable bonds is 8. The minimum atomic E-state index is -0.518. The average Bonchev–Trinajstić information content (AvgIpc) is 3.16. The zero-order valence-electron chi connectivity index (χ0n) is 18.0. The van der Waals surface area contributed by atoms with Crippen LogP contribution in [-0.4, -0.2) is 32.2 Å². The topological polar surface area (TPSA) is 73.9 Å². The predicted molar refractivity (Wildman–Crippen MR) is 122 cm³/mol. The van der Waals surface area contributed by atoms with E-state index in [2.05, 4.69) is 5.32 Å². The van der Waals surface area contributed by atoms with E-state index < -0.39 is 5.97 Å². The summed E-state index contributed by atoms with van der Waals surface area (Å²) in [6.07, 6.45) is 0. The molecule has 1 aromatic heterocycles. The number of aryl methyl sites for hydroxylation is 2. The molecule has 0 aliphatic rings. The molecule has 31 heavy (non-hydrogen) atoms. The molecule has 1 heterocycles. The van der Waals surface area contributed by atoms with Gasteiger partial charge in [0, 0.05) is 10.9 Å². The molecule has 0 saturated heterocycles. The first kappa shape index (κ1) is 22.4. The highest BCUT2D eigenvalue weighted by atomic mass is 32.1. The van der Waals surface area contributed by atoms with Crippen LogP contribution in [0.1, 0.15) is 28.4 Å². The van der Waals surface area contributed by atoms with Gasteiger partial charge in [-0.1, -0.05) is 29.8 Å². The lowest BCUT2D eigenvalue weighted by atomic mass is 10.0. The van der Waals surface area contributed by atoms with Crippen molar-refractivity contribution in [1.82, 2.24) is 0 Å². The number of nitrogens with one attached hydrogen (secondary N) is 1. The molecule has 162 valence electrons.